The highest BCUT2D eigenvalue weighted by atomic mass is 79.9. The SMILES string of the molecule is CN(C)C1(CNC(=O)c2cccc(Br)c2Cl)CCCC1. The maximum absolute atomic E-state index is 12.3. The van der Waals surface area contributed by atoms with Gasteiger partial charge in [0, 0.05) is 16.6 Å². The summed E-state index contributed by atoms with van der Waals surface area (Å²) in [6.45, 7) is 0.668. The summed E-state index contributed by atoms with van der Waals surface area (Å²) in [7, 11) is 4.17. The number of hydrogen-bond acceptors (Lipinski definition) is 2. The first kappa shape index (κ1) is 15.8. The lowest BCUT2D eigenvalue weighted by Gasteiger charge is -2.36. The molecule has 0 heterocycles. The predicted octanol–water partition coefficient (Wildman–Crippen LogP) is 3.71. The Morgan fingerprint density at radius 3 is 2.65 bits per heavy atom. The zero-order valence-corrected chi connectivity index (χ0v) is 14.2. The molecule has 1 aliphatic rings. The van der Waals surface area contributed by atoms with Gasteiger partial charge in [-0.05, 0) is 55.0 Å². The number of halogens is 2. The minimum absolute atomic E-state index is 0.0914. The van der Waals surface area contributed by atoms with Gasteiger partial charge in [-0.15, -0.1) is 0 Å². The molecule has 1 saturated carbocycles. The van der Waals surface area contributed by atoms with Gasteiger partial charge in [0.25, 0.3) is 5.91 Å². The second-order valence-corrected chi connectivity index (χ2v) is 6.84. The largest absolute Gasteiger partial charge is 0.350 e. The first-order valence-electron chi connectivity index (χ1n) is 6.86. The first-order valence-corrected chi connectivity index (χ1v) is 8.03. The fourth-order valence-corrected chi connectivity index (χ4v) is 3.41. The van der Waals surface area contributed by atoms with Crippen LogP contribution in [0.25, 0.3) is 0 Å². The van der Waals surface area contributed by atoms with Crippen molar-refractivity contribution >= 4 is 33.4 Å². The van der Waals surface area contributed by atoms with Gasteiger partial charge < -0.3 is 10.2 Å². The molecule has 3 nitrogen and oxygen atoms in total. The van der Waals surface area contributed by atoms with Crippen molar-refractivity contribution in [3.05, 3.63) is 33.3 Å². The summed E-state index contributed by atoms with van der Waals surface area (Å²) in [4.78, 5) is 14.5. The standard InChI is InChI=1S/C15H20BrClN2O/c1-19(2)15(8-3-4-9-15)10-18-14(20)11-6-5-7-12(16)13(11)17/h5-7H,3-4,8-10H2,1-2H3,(H,18,20). The third-order valence-electron chi connectivity index (χ3n) is 4.26. The molecule has 0 unspecified atom stereocenters. The van der Waals surface area contributed by atoms with Gasteiger partial charge in [-0.25, -0.2) is 0 Å². The molecule has 20 heavy (non-hydrogen) atoms. The Balaban J connectivity index is 2.07. The van der Waals surface area contributed by atoms with Gasteiger partial charge >= 0.3 is 0 Å². The Kier molecular flexibility index (Phi) is 5.10. The lowest BCUT2D eigenvalue weighted by molar-refractivity contribution is 0.0900. The van der Waals surface area contributed by atoms with E-state index in [9.17, 15) is 4.79 Å². The smallest absolute Gasteiger partial charge is 0.252 e. The van der Waals surface area contributed by atoms with E-state index in [0.717, 1.165) is 17.3 Å². The van der Waals surface area contributed by atoms with Crippen molar-refractivity contribution in [2.24, 2.45) is 0 Å². The number of rotatable bonds is 4. The van der Waals surface area contributed by atoms with E-state index in [4.69, 9.17) is 11.6 Å². The summed E-state index contributed by atoms with van der Waals surface area (Å²) in [6, 6.07) is 5.40. The quantitative estimate of drug-likeness (QED) is 0.889. The van der Waals surface area contributed by atoms with Crippen molar-refractivity contribution in [2.75, 3.05) is 20.6 Å². The molecule has 0 bridgehead atoms. The summed E-state index contributed by atoms with van der Waals surface area (Å²) < 4.78 is 0.745. The molecule has 0 radical (unpaired) electrons. The maximum Gasteiger partial charge on any atom is 0.252 e. The van der Waals surface area contributed by atoms with E-state index in [1.54, 1.807) is 6.07 Å². The molecular formula is C15H20BrClN2O. The Hall–Kier alpha value is -0.580. The van der Waals surface area contributed by atoms with Crippen LogP contribution in [0.2, 0.25) is 5.02 Å². The molecular weight excluding hydrogens is 340 g/mol. The molecule has 0 aliphatic heterocycles. The molecule has 1 fully saturated rings. The Morgan fingerprint density at radius 2 is 2.05 bits per heavy atom. The minimum atomic E-state index is -0.107. The number of hydrogen-bond donors (Lipinski definition) is 1. The average Bonchev–Trinajstić information content (AvgIpc) is 2.89. The lowest BCUT2D eigenvalue weighted by Crippen LogP contribution is -2.50. The van der Waals surface area contributed by atoms with Crippen LogP contribution in [-0.4, -0.2) is 37.0 Å². The second kappa shape index (κ2) is 6.46. The number of benzene rings is 1. The van der Waals surface area contributed by atoms with Gasteiger partial charge in [-0.2, -0.15) is 0 Å². The van der Waals surface area contributed by atoms with Gasteiger partial charge in [0.1, 0.15) is 0 Å². The average molecular weight is 360 g/mol. The molecule has 1 amide bonds. The summed E-state index contributed by atoms with van der Waals surface area (Å²) in [5.41, 5.74) is 0.613. The molecule has 2 rings (SSSR count). The van der Waals surface area contributed by atoms with Crippen LogP contribution in [0.1, 0.15) is 36.0 Å². The van der Waals surface area contributed by atoms with Gasteiger partial charge in [0.05, 0.1) is 10.6 Å². The molecule has 0 atom stereocenters. The van der Waals surface area contributed by atoms with Crippen LogP contribution < -0.4 is 5.32 Å². The van der Waals surface area contributed by atoms with E-state index in [0.29, 0.717) is 17.1 Å². The van der Waals surface area contributed by atoms with E-state index in [1.165, 1.54) is 12.8 Å². The van der Waals surface area contributed by atoms with Gasteiger partial charge in [-0.1, -0.05) is 30.5 Å². The number of carbonyl (C=O) groups excluding carboxylic acids is 1. The highest BCUT2D eigenvalue weighted by Crippen LogP contribution is 2.33. The van der Waals surface area contributed by atoms with Crippen LogP contribution in [0.5, 0.6) is 0 Å². The van der Waals surface area contributed by atoms with Gasteiger partial charge in [0.15, 0.2) is 0 Å². The topological polar surface area (TPSA) is 32.3 Å². The molecule has 0 spiro atoms. The lowest BCUT2D eigenvalue weighted by atomic mass is 9.96. The normalized spacial score (nSPS) is 17.4. The van der Waals surface area contributed by atoms with E-state index >= 15 is 0 Å². The van der Waals surface area contributed by atoms with E-state index < -0.39 is 0 Å². The van der Waals surface area contributed by atoms with Crippen molar-refractivity contribution in [1.82, 2.24) is 10.2 Å². The fraction of sp³-hybridized carbons (Fsp3) is 0.533. The van der Waals surface area contributed by atoms with Crippen LogP contribution in [-0.2, 0) is 0 Å². The number of nitrogens with zero attached hydrogens (tertiary/aromatic N) is 1. The Labute approximate surface area is 133 Å². The first-order chi connectivity index (χ1) is 9.46. The molecule has 1 aromatic carbocycles. The molecule has 0 aromatic heterocycles. The minimum Gasteiger partial charge on any atom is -0.350 e. The Bertz CT molecular complexity index is 499. The van der Waals surface area contributed by atoms with Crippen LogP contribution in [0, 0.1) is 0 Å². The predicted molar refractivity (Wildman–Crippen MR) is 86.4 cm³/mol. The molecule has 1 aromatic rings. The van der Waals surface area contributed by atoms with Crippen molar-refractivity contribution in [3.8, 4) is 0 Å². The zero-order valence-electron chi connectivity index (χ0n) is 11.9. The van der Waals surface area contributed by atoms with Crippen LogP contribution in [0.15, 0.2) is 22.7 Å². The molecule has 1 N–H and O–H groups in total. The summed E-state index contributed by atoms with van der Waals surface area (Å²) in [6.07, 6.45) is 4.72. The fourth-order valence-electron chi connectivity index (χ4n) is 2.83. The van der Waals surface area contributed by atoms with Gasteiger partial charge in [0.2, 0.25) is 0 Å². The van der Waals surface area contributed by atoms with E-state index in [1.807, 2.05) is 12.1 Å². The molecule has 0 saturated heterocycles. The third-order valence-corrected chi connectivity index (χ3v) is 5.55. The van der Waals surface area contributed by atoms with E-state index in [-0.39, 0.29) is 11.4 Å². The van der Waals surface area contributed by atoms with Crippen molar-refractivity contribution in [2.45, 2.75) is 31.2 Å². The van der Waals surface area contributed by atoms with Crippen LogP contribution >= 0.6 is 27.5 Å². The van der Waals surface area contributed by atoms with Crippen molar-refractivity contribution < 1.29 is 4.79 Å². The molecule has 110 valence electrons. The highest BCUT2D eigenvalue weighted by molar-refractivity contribution is 9.10. The molecule has 1 aliphatic carbocycles. The van der Waals surface area contributed by atoms with Crippen LogP contribution in [0.4, 0.5) is 0 Å². The van der Waals surface area contributed by atoms with Crippen molar-refractivity contribution in [1.29, 1.82) is 0 Å². The van der Waals surface area contributed by atoms with E-state index in [2.05, 4.69) is 40.2 Å². The Morgan fingerprint density at radius 1 is 1.40 bits per heavy atom. The maximum atomic E-state index is 12.3. The highest BCUT2D eigenvalue weighted by Gasteiger charge is 2.36. The zero-order chi connectivity index (χ0) is 14.8. The van der Waals surface area contributed by atoms with Gasteiger partial charge in [-0.3, -0.25) is 4.79 Å². The number of carbonyl (C=O) groups is 1. The third kappa shape index (κ3) is 3.18. The monoisotopic (exact) mass is 358 g/mol. The summed E-state index contributed by atoms with van der Waals surface area (Å²) in [5, 5.41) is 3.51. The second-order valence-electron chi connectivity index (χ2n) is 5.61. The number of amides is 1. The number of nitrogens with one attached hydrogen (secondary N) is 1. The summed E-state index contributed by atoms with van der Waals surface area (Å²) >= 11 is 9.51. The summed E-state index contributed by atoms with van der Waals surface area (Å²) in [5.74, 6) is -0.107. The van der Waals surface area contributed by atoms with Crippen LogP contribution in [0.3, 0.4) is 0 Å². The molecule has 5 heteroatoms. The van der Waals surface area contributed by atoms with Crippen molar-refractivity contribution in [3.63, 3.8) is 0 Å². The number of likely N-dealkylation sites (N-methyl/N-ethyl adjacent to an activating group) is 1.